The molecule has 0 aliphatic heterocycles. The minimum absolute atomic E-state index is 0.0530. The van der Waals surface area contributed by atoms with Crippen LogP contribution in [0.2, 0.25) is 0 Å². The van der Waals surface area contributed by atoms with Gasteiger partial charge in [0.15, 0.2) is 9.84 Å². The molecule has 0 saturated carbocycles. The standard InChI is InChI=1S/C13H18O4S/c1-3-10(2)18(16,17)12-7-4-11(5-8-12)6-9-13(14)15/h4-5,7-8,10H,3,6,9H2,1-2H3,(H,14,15). The summed E-state index contributed by atoms with van der Waals surface area (Å²) in [6.45, 7) is 3.52. The fraction of sp³-hybridized carbons (Fsp3) is 0.462. The summed E-state index contributed by atoms with van der Waals surface area (Å²) in [7, 11) is -3.25. The van der Waals surface area contributed by atoms with E-state index in [0.29, 0.717) is 17.7 Å². The Morgan fingerprint density at radius 1 is 1.28 bits per heavy atom. The number of carboxylic acids is 1. The van der Waals surface area contributed by atoms with Gasteiger partial charge in [0.2, 0.25) is 0 Å². The summed E-state index contributed by atoms with van der Waals surface area (Å²) in [6, 6.07) is 6.47. The van der Waals surface area contributed by atoms with Crippen molar-refractivity contribution in [2.24, 2.45) is 0 Å². The van der Waals surface area contributed by atoms with Crippen LogP contribution in [0.4, 0.5) is 0 Å². The first-order chi connectivity index (χ1) is 8.37. The highest BCUT2D eigenvalue weighted by Crippen LogP contribution is 2.19. The third-order valence-corrected chi connectivity index (χ3v) is 5.31. The van der Waals surface area contributed by atoms with Gasteiger partial charge < -0.3 is 5.11 Å². The van der Waals surface area contributed by atoms with Gasteiger partial charge in [0, 0.05) is 6.42 Å². The van der Waals surface area contributed by atoms with Crippen molar-refractivity contribution in [3.8, 4) is 0 Å². The summed E-state index contributed by atoms with van der Waals surface area (Å²) >= 11 is 0. The molecule has 4 nitrogen and oxygen atoms in total. The van der Waals surface area contributed by atoms with E-state index in [0.717, 1.165) is 5.56 Å². The van der Waals surface area contributed by atoms with E-state index in [9.17, 15) is 13.2 Å². The predicted molar refractivity (Wildman–Crippen MR) is 69.3 cm³/mol. The van der Waals surface area contributed by atoms with Crippen molar-refractivity contribution in [2.45, 2.75) is 43.3 Å². The minimum atomic E-state index is -3.25. The summed E-state index contributed by atoms with van der Waals surface area (Å²) in [5.41, 5.74) is 0.834. The number of aryl methyl sites for hydroxylation is 1. The maximum absolute atomic E-state index is 12.0. The summed E-state index contributed by atoms with van der Waals surface area (Å²) in [5.74, 6) is -0.855. The molecule has 0 amide bonds. The van der Waals surface area contributed by atoms with Gasteiger partial charge in [-0.2, -0.15) is 0 Å². The molecule has 18 heavy (non-hydrogen) atoms. The Balaban J connectivity index is 2.86. The number of benzene rings is 1. The van der Waals surface area contributed by atoms with Crippen LogP contribution in [-0.2, 0) is 21.1 Å². The Kier molecular flexibility index (Phi) is 4.90. The molecule has 1 unspecified atom stereocenters. The van der Waals surface area contributed by atoms with Gasteiger partial charge in [-0.05, 0) is 37.5 Å². The third-order valence-electron chi connectivity index (χ3n) is 2.98. The molecule has 1 aromatic rings. The topological polar surface area (TPSA) is 71.4 Å². The second-order valence-corrected chi connectivity index (χ2v) is 6.67. The number of hydrogen-bond acceptors (Lipinski definition) is 3. The van der Waals surface area contributed by atoms with Crippen LogP contribution < -0.4 is 0 Å². The fourth-order valence-electron chi connectivity index (χ4n) is 1.55. The molecule has 100 valence electrons. The van der Waals surface area contributed by atoms with Crippen LogP contribution in [0.3, 0.4) is 0 Å². The Hall–Kier alpha value is -1.36. The van der Waals surface area contributed by atoms with Crippen molar-refractivity contribution >= 4 is 15.8 Å². The van der Waals surface area contributed by atoms with Gasteiger partial charge in [-0.25, -0.2) is 8.42 Å². The molecule has 0 aliphatic carbocycles. The zero-order valence-electron chi connectivity index (χ0n) is 10.6. The number of sulfone groups is 1. The normalized spacial score (nSPS) is 13.2. The van der Waals surface area contributed by atoms with Crippen molar-refractivity contribution < 1.29 is 18.3 Å². The van der Waals surface area contributed by atoms with Crippen LogP contribution in [0.25, 0.3) is 0 Å². The van der Waals surface area contributed by atoms with Crippen LogP contribution in [0.5, 0.6) is 0 Å². The largest absolute Gasteiger partial charge is 0.481 e. The van der Waals surface area contributed by atoms with Gasteiger partial charge in [-0.15, -0.1) is 0 Å². The van der Waals surface area contributed by atoms with Crippen molar-refractivity contribution in [3.05, 3.63) is 29.8 Å². The Labute approximate surface area is 108 Å². The van der Waals surface area contributed by atoms with Crippen molar-refractivity contribution in [3.63, 3.8) is 0 Å². The van der Waals surface area contributed by atoms with Gasteiger partial charge in [0.05, 0.1) is 10.1 Å². The van der Waals surface area contributed by atoms with E-state index < -0.39 is 21.1 Å². The molecular formula is C13H18O4S. The molecule has 1 rings (SSSR count). The van der Waals surface area contributed by atoms with E-state index >= 15 is 0 Å². The van der Waals surface area contributed by atoms with E-state index in [1.165, 1.54) is 0 Å². The van der Waals surface area contributed by atoms with Crippen molar-refractivity contribution in [1.82, 2.24) is 0 Å². The fourth-order valence-corrected chi connectivity index (χ4v) is 2.97. The second kappa shape index (κ2) is 6.00. The second-order valence-electron chi connectivity index (χ2n) is 4.30. The molecule has 0 heterocycles. The SMILES string of the molecule is CCC(C)S(=O)(=O)c1ccc(CCC(=O)O)cc1. The molecule has 1 aromatic carbocycles. The van der Waals surface area contributed by atoms with E-state index in [4.69, 9.17) is 5.11 Å². The highest BCUT2D eigenvalue weighted by atomic mass is 32.2. The van der Waals surface area contributed by atoms with Crippen molar-refractivity contribution in [2.75, 3.05) is 0 Å². The molecule has 5 heteroatoms. The van der Waals surface area contributed by atoms with E-state index in [1.807, 2.05) is 6.92 Å². The molecule has 0 saturated heterocycles. The third kappa shape index (κ3) is 3.57. The molecular weight excluding hydrogens is 252 g/mol. The van der Waals surface area contributed by atoms with Crippen LogP contribution in [0.1, 0.15) is 32.3 Å². The molecule has 0 bridgehead atoms. The average molecular weight is 270 g/mol. The summed E-state index contributed by atoms with van der Waals surface area (Å²) in [4.78, 5) is 10.7. The maximum Gasteiger partial charge on any atom is 0.303 e. The smallest absolute Gasteiger partial charge is 0.303 e. The van der Waals surface area contributed by atoms with Crippen LogP contribution in [0.15, 0.2) is 29.2 Å². The highest BCUT2D eigenvalue weighted by molar-refractivity contribution is 7.92. The number of aliphatic carboxylic acids is 1. The maximum atomic E-state index is 12.0. The van der Waals surface area contributed by atoms with Gasteiger partial charge in [0.1, 0.15) is 0 Å². The number of rotatable bonds is 6. The minimum Gasteiger partial charge on any atom is -0.481 e. The summed E-state index contributed by atoms with van der Waals surface area (Å²) in [6.07, 6.45) is 1.04. The average Bonchev–Trinajstić information content (AvgIpc) is 2.35. The Morgan fingerprint density at radius 2 is 1.83 bits per heavy atom. The molecule has 0 aliphatic rings. The van der Waals surface area contributed by atoms with Gasteiger partial charge >= 0.3 is 5.97 Å². The zero-order valence-corrected chi connectivity index (χ0v) is 11.4. The predicted octanol–water partition coefficient (Wildman–Crippen LogP) is 2.28. The zero-order chi connectivity index (χ0) is 13.8. The summed E-state index contributed by atoms with van der Waals surface area (Å²) in [5, 5.41) is 8.17. The quantitative estimate of drug-likeness (QED) is 0.860. The van der Waals surface area contributed by atoms with Crippen LogP contribution >= 0.6 is 0 Å². The van der Waals surface area contributed by atoms with Gasteiger partial charge in [-0.1, -0.05) is 19.1 Å². The Bertz CT molecular complexity index is 502. The van der Waals surface area contributed by atoms with E-state index in [1.54, 1.807) is 31.2 Å². The van der Waals surface area contributed by atoms with Crippen LogP contribution in [-0.4, -0.2) is 24.7 Å². The van der Waals surface area contributed by atoms with Crippen molar-refractivity contribution in [1.29, 1.82) is 0 Å². The molecule has 1 N–H and O–H groups in total. The molecule has 0 fully saturated rings. The summed E-state index contributed by atoms with van der Waals surface area (Å²) < 4.78 is 24.1. The lowest BCUT2D eigenvalue weighted by Gasteiger charge is -2.10. The first-order valence-electron chi connectivity index (χ1n) is 5.92. The van der Waals surface area contributed by atoms with Gasteiger partial charge in [-0.3, -0.25) is 4.79 Å². The molecule has 0 spiro atoms. The van der Waals surface area contributed by atoms with Crippen LogP contribution in [0, 0.1) is 0 Å². The Morgan fingerprint density at radius 3 is 2.28 bits per heavy atom. The molecule has 0 aromatic heterocycles. The first-order valence-corrected chi connectivity index (χ1v) is 7.47. The lowest BCUT2D eigenvalue weighted by Crippen LogP contribution is -2.16. The highest BCUT2D eigenvalue weighted by Gasteiger charge is 2.21. The molecule has 1 atom stereocenters. The monoisotopic (exact) mass is 270 g/mol. The van der Waals surface area contributed by atoms with E-state index in [2.05, 4.69) is 0 Å². The van der Waals surface area contributed by atoms with Gasteiger partial charge in [0.25, 0.3) is 0 Å². The number of carboxylic acid groups (broad SMARTS) is 1. The first kappa shape index (κ1) is 14.7. The molecule has 0 radical (unpaired) electrons. The lowest BCUT2D eigenvalue weighted by molar-refractivity contribution is -0.136. The number of hydrogen-bond donors (Lipinski definition) is 1. The lowest BCUT2D eigenvalue weighted by atomic mass is 10.1. The number of carbonyl (C=O) groups is 1. The van der Waals surface area contributed by atoms with E-state index in [-0.39, 0.29) is 6.42 Å².